The number of nitrogens with zero attached hydrogens (tertiary/aromatic N) is 3. The number of hydrogen-bond acceptors (Lipinski definition) is 8. The molecule has 0 radical (unpaired) electrons. The van der Waals surface area contributed by atoms with Crippen LogP contribution in [0.15, 0.2) is 57.5 Å². The van der Waals surface area contributed by atoms with E-state index >= 15 is 0 Å². The quantitative estimate of drug-likeness (QED) is 0.306. The molecular weight excluding hydrogens is 612 g/mol. The van der Waals surface area contributed by atoms with E-state index in [-0.39, 0.29) is 71.2 Å². The molecule has 254 valence electrons. The van der Waals surface area contributed by atoms with Gasteiger partial charge in [0.2, 0.25) is 29.4 Å². The summed E-state index contributed by atoms with van der Waals surface area (Å²) >= 11 is 0. The lowest BCUT2D eigenvalue weighted by atomic mass is 9.73. The predicted molar refractivity (Wildman–Crippen MR) is 184 cm³/mol. The molecule has 2 aliphatic carbocycles. The van der Waals surface area contributed by atoms with Crippen molar-refractivity contribution in [3.05, 3.63) is 63.6 Å². The smallest absolute Gasteiger partial charge is 0.246 e. The SMILES string of the molecule is CC1N(C)C2=CC(=NC(=O)CCC(N)=O)C(=C3C(=O)C(c4cc5c(cc4NC(=O)CCC(N)=O)N(C)C(C)C5(C)C)=C3O)C=C2C1(C)C. The second kappa shape index (κ2) is 11.9. The topological polar surface area (TPSA) is 188 Å². The lowest BCUT2D eigenvalue weighted by Crippen LogP contribution is -2.36. The van der Waals surface area contributed by atoms with Crippen LogP contribution in [0.3, 0.4) is 0 Å². The minimum Gasteiger partial charge on any atom is -0.506 e. The third-order valence-corrected chi connectivity index (χ3v) is 10.8. The highest BCUT2D eigenvalue weighted by Crippen LogP contribution is 2.52. The maximum atomic E-state index is 14.2. The van der Waals surface area contributed by atoms with Gasteiger partial charge < -0.3 is 31.7 Å². The zero-order chi connectivity index (χ0) is 35.6. The summed E-state index contributed by atoms with van der Waals surface area (Å²) in [5.74, 6) is -3.06. The Hall–Kier alpha value is -5.00. The van der Waals surface area contributed by atoms with Gasteiger partial charge in [-0.25, -0.2) is 4.99 Å². The zero-order valence-corrected chi connectivity index (χ0v) is 28.8. The minimum absolute atomic E-state index is 0.00325. The second-order valence-corrected chi connectivity index (χ2v) is 14.2. The number of likely N-dealkylation sites (tertiary alicyclic amines) is 1. The van der Waals surface area contributed by atoms with Gasteiger partial charge in [0.05, 0.1) is 22.5 Å². The predicted octanol–water partition coefficient (Wildman–Crippen LogP) is 3.57. The average Bonchev–Trinajstić information content (AvgIpc) is 3.28. The number of primary amides is 2. The number of rotatable bonds is 8. The number of nitrogens with two attached hydrogens (primary N) is 2. The normalized spacial score (nSPS) is 24.6. The first-order chi connectivity index (χ1) is 22.3. The van der Waals surface area contributed by atoms with Gasteiger partial charge in [-0.15, -0.1) is 0 Å². The molecule has 6 N–H and O–H groups in total. The van der Waals surface area contributed by atoms with E-state index in [0.717, 1.165) is 22.5 Å². The van der Waals surface area contributed by atoms with Gasteiger partial charge in [-0.05, 0) is 49.3 Å². The summed E-state index contributed by atoms with van der Waals surface area (Å²) in [7, 11) is 3.90. The van der Waals surface area contributed by atoms with Gasteiger partial charge in [-0.3, -0.25) is 24.0 Å². The Morgan fingerprint density at radius 3 is 2.08 bits per heavy atom. The van der Waals surface area contributed by atoms with Gasteiger partial charge in [0.1, 0.15) is 5.76 Å². The fourth-order valence-corrected chi connectivity index (χ4v) is 6.99. The van der Waals surface area contributed by atoms with Crippen molar-refractivity contribution in [1.82, 2.24) is 4.90 Å². The molecule has 0 saturated carbocycles. The lowest BCUT2D eigenvalue weighted by molar-refractivity contribution is -0.123. The molecule has 2 aliphatic heterocycles. The Kier molecular flexibility index (Phi) is 8.52. The fraction of sp³-hybridized carbons (Fsp3) is 0.444. The first-order valence-electron chi connectivity index (χ1n) is 16.1. The van der Waals surface area contributed by atoms with Crippen LogP contribution in [0.5, 0.6) is 0 Å². The molecule has 0 bridgehead atoms. The van der Waals surface area contributed by atoms with Crippen molar-refractivity contribution in [3.63, 3.8) is 0 Å². The molecule has 1 saturated heterocycles. The monoisotopic (exact) mass is 656 g/mol. The third-order valence-electron chi connectivity index (χ3n) is 10.8. The summed E-state index contributed by atoms with van der Waals surface area (Å²) in [6.07, 6.45) is 2.89. The zero-order valence-electron chi connectivity index (χ0n) is 28.8. The summed E-state index contributed by atoms with van der Waals surface area (Å²) in [5, 5.41) is 14.6. The number of Topliss-reactive ketones (excluding diaryl/α,β-unsaturated/α-hetero) is 1. The third kappa shape index (κ3) is 5.52. The largest absolute Gasteiger partial charge is 0.506 e. The van der Waals surface area contributed by atoms with Crippen molar-refractivity contribution in [1.29, 1.82) is 0 Å². The molecule has 2 unspecified atom stereocenters. The molecule has 2 atom stereocenters. The van der Waals surface area contributed by atoms with Crippen molar-refractivity contribution in [2.24, 2.45) is 21.9 Å². The lowest BCUT2D eigenvalue weighted by Gasteiger charge is -2.30. The molecule has 0 spiro atoms. The number of benzene rings is 1. The van der Waals surface area contributed by atoms with Crippen LogP contribution in [0, 0.1) is 5.41 Å². The van der Waals surface area contributed by atoms with Gasteiger partial charge >= 0.3 is 0 Å². The number of ketones is 1. The number of aliphatic imine (C=N–C) groups is 1. The van der Waals surface area contributed by atoms with Crippen LogP contribution in [-0.2, 0) is 29.4 Å². The van der Waals surface area contributed by atoms with E-state index < -0.39 is 29.4 Å². The molecule has 48 heavy (non-hydrogen) atoms. The van der Waals surface area contributed by atoms with Crippen LogP contribution in [-0.4, -0.2) is 71.3 Å². The van der Waals surface area contributed by atoms with Gasteiger partial charge in [0.15, 0.2) is 0 Å². The highest BCUT2D eigenvalue weighted by atomic mass is 16.3. The van der Waals surface area contributed by atoms with Crippen LogP contribution >= 0.6 is 0 Å². The summed E-state index contributed by atoms with van der Waals surface area (Å²) in [6, 6.07) is 3.80. The molecule has 2 heterocycles. The molecule has 4 aliphatic rings. The van der Waals surface area contributed by atoms with Crippen molar-refractivity contribution in [3.8, 4) is 0 Å². The Balaban J connectivity index is 1.69. The van der Waals surface area contributed by atoms with Crippen LogP contribution in [0.4, 0.5) is 11.4 Å². The molecule has 4 amide bonds. The Labute approximate surface area is 280 Å². The highest BCUT2D eigenvalue weighted by molar-refractivity contribution is 6.42. The Morgan fingerprint density at radius 1 is 0.875 bits per heavy atom. The summed E-state index contributed by atoms with van der Waals surface area (Å²) in [5.41, 5.74) is 14.6. The molecular formula is C36H44N6O6. The van der Waals surface area contributed by atoms with Crippen LogP contribution in [0.1, 0.15) is 78.4 Å². The summed E-state index contributed by atoms with van der Waals surface area (Å²) in [4.78, 5) is 71.1. The summed E-state index contributed by atoms with van der Waals surface area (Å²) in [6.45, 7) is 12.5. The highest BCUT2D eigenvalue weighted by Gasteiger charge is 2.47. The average molecular weight is 657 g/mol. The number of likely N-dealkylation sites (N-methyl/N-ethyl adjacent to an activating group) is 2. The Bertz CT molecular complexity index is 1840. The van der Waals surface area contributed by atoms with Crippen molar-refractivity contribution in [2.75, 3.05) is 24.3 Å². The Morgan fingerprint density at radius 2 is 1.48 bits per heavy atom. The van der Waals surface area contributed by atoms with E-state index in [1.165, 1.54) is 0 Å². The number of carbonyl (C=O) groups excluding carboxylic acids is 5. The van der Waals surface area contributed by atoms with Crippen molar-refractivity contribution >= 4 is 52.1 Å². The number of carbonyl (C=O) groups is 5. The van der Waals surface area contributed by atoms with E-state index in [2.05, 4.69) is 61.7 Å². The standard InChI is InChI=1S/C36H44N6O6/c1-17-35(3,4)21-13-19(23(15-25(21)41(17)7)39-29(45)11-9-27(37)43)31-33(47)32(34(31)48)20-14-22-26(42(8)18(2)36(22,5)6)16-24(20)40-30(46)12-10-28(38)44/h13-18,47H,9-12H2,1-8H3,(H2,37,43)(H2,38,44)(H,39,45). The van der Waals surface area contributed by atoms with Crippen LogP contribution < -0.4 is 21.7 Å². The van der Waals surface area contributed by atoms with Crippen molar-refractivity contribution in [2.45, 2.75) is 84.7 Å². The first kappa shape index (κ1) is 34.3. The molecule has 5 rings (SSSR count). The second-order valence-electron chi connectivity index (χ2n) is 14.2. The van der Waals surface area contributed by atoms with E-state index in [1.807, 2.05) is 26.2 Å². The number of amides is 4. The molecule has 1 aromatic rings. The number of aliphatic hydroxyl groups excluding tert-OH is 1. The van der Waals surface area contributed by atoms with E-state index in [0.29, 0.717) is 16.8 Å². The molecule has 1 fully saturated rings. The number of fused-ring (bicyclic) bond motifs is 2. The van der Waals surface area contributed by atoms with Gasteiger partial charge in [-0.1, -0.05) is 27.7 Å². The van der Waals surface area contributed by atoms with Gasteiger partial charge in [-0.2, -0.15) is 0 Å². The molecule has 12 nitrogen and oxygen atoms in total. The molecule has 12 heteroatoms. The van der Waals surface area contributed by atoms with Crippen molar-refractivity contribution < 1.29 is 29.1 Å². The van der Waals surface area contributed by atoms with Crippen LogP contribution in [0.25, 0.3) is 5.57 Å². The van der Waals surface area contributed by atoms with Gasteiger partial charge in [0.25, 0.3) is 0 Å². The van der Waals surface area contributed by atoms with E-state index in [9.17, 15) is 29.1 Å². The minimum atomic E-state index is -0.632. The number of hydrogen-bond donors (Lipinski definition) is 4. The van der Waals surface area contributed by atoms with E-state index in [4.69, 9.17) is 11.5 Å². The maximum Gasteiger partial charge on any atom is 0.246 e. The summed E-state index contributed by atoms with van der Waals surface area (Å²) < 4.78 is 0. The maximum absolute atomic E-state index is 14.2. The van der Waals surface area contributed by atoms with E-state index in [1.54, 1.807) is 12.1 Å². The number of nitrogens with one attached hydrogen (secondary N) is 1. The number of anilines is 2. The molecule has 0 aromatic heterocycles. The first-order valence-corrected chi connectivity index (χ1v) is 16.1. The fourth-order valence-electron chi connectivity index (χ4n) is 6.99. The number of allylic oxidation sites excluding steroid dienone is 6. The van der Waals surface area contributed by atoms with Crippen LogP contribution in [0.2, 0.25) is 0 Å². The molecule has 1 aromatic carbocycles. The number of aliphatic hydroxyl groups is 1. The van der Waals surface area contributed by atoms with Gasteiger partial charge in [0, 0.05) is 85.2 Å².